The van der Waals surface area contributed by atoms with Crippen molar-refractivity contribution in [2.24, 2.45) is 0 Å². The Morgan fingerprint density at radius 1 is 1.33 bits per heavy atom. The molecule has 1 aromatic carbocycles. The molecule has 0 radical (unpaired) electrons. The number of nitrogens with one attached hydrogen (secondary N) is 1. The second-order valence-corrected chi connectivity index (χ2v) is 6.96. The summed E-state index contributed by atoms with van der Waals surface area (Å²) in [5, 5.41) is 18.4. The standard InChI is InChI=1S/C13H18FNO5S/c1-8-4-10(14)5-9(2)12(8)21(19,20)15-7-13(3,18)6-11(16)17/h4-5,15,18H,6-7H2,1-3H3,(H,16,17). The summed E-state index contributed by atoms with van der Waals surface area (Å²) in [7, 11) is -3.98. The van der Waals surface area contributed by atoms with Crippen LogP contribution in [0.2, 0.25) is 0 Å². The number of hydrogen-bond donors (Lipinski definition) is 3. The highest BCUT2D eigenvalue weighted by Gasteiger charge is 2.28. The van der Waals surface area contributed by atoms with E-state index >= 15 is 0 Å². The highest BCUT2D eigenvalue weighted by Crippen LogP contribution is 2.21. The van der Waals surface area contributed by atoms with Gasteiger partial charge in [0.2, 0.25) is 10.0 Å². The number of halogens is 1. The second-order valence-electron chi connectivity index (χ2n) is 5.26. The second kappa shape index (κ2) is 6.08. The molecular formula is C13H18FNO5S. The van der Waals surface area contributed by atoms with E-state index in [9.17, 15) is 22.7 Å². The largest absolute Gasteiger partial charge is 0.481 e. The summed E-state index contributed by atoms with van der Waals surface area (Å²) in [5.74, 6) is -1.78. The van der Waals surface area contributed by atoms with Crippen molar-refractivity contribution in [3.8, 4) is 0 Å². The Bertz CT molecular complexity index is 632. The van der Waals surface area contributed by atoms with Gasteiger partial charge in [-0.3, -0.25) is 4.79 Å². The topological polar surface area (TPSA) is 104 Å². The summed E-state index contributed by atoms with van der Waals surface area (Å²) in [5.41, 5.74) is -1.25. The predicted octanol–water partition coefficient (Wildman–Crippen LogP) is 0.947. The van der Waals surface area contributed by atoms with Gasteiger partial charge in [-0.15, -0.1) is 0 Å². The van der Waals surface area contributed by atoms with Crippen LogP contribution in [0.4, 0.5) is 4.39 Å². The normalized spacial score (nSPS) is 14.7. The van der Waals surface area contributed by atoms with Gasteiger partial charge in [-0.1, -0.05) is 0 Å². The predicted molar refractivity (Wildman–Crippen MR) is 73.9 cm³/mol. The van der Waals surface area contributed by atoms with Crippen molar-refractivity contribution in [3.05, 3.63) is 29.1 Å². The van der Waals surface area contributed by atoms with E-state index in [2.05, 4.69) is 4.72 Å². The number of carboxylic acids is 1. The number of sulfonamides is 1. The third-order valence-corrected chi connectivity index (χ3v) is 4.57. The van der Waals surface area contributed by atoms with Crippen LogP contribution in [-0.2, 0) is 14.8 Å². The molecule has 0 saturated heterocycles. The number of rotatable bonds is 6. The van der Waals surface area contributed by atoms with Crippen molar-refractivity contribution in [2.45, 2.75) is 37.7 Å². The molecule has 0 aliphatic heterocycles. The van der Waals surface area contributed by atoms with E-state index in [4.69, 9.17) is 5.11 Å². The van der Waals surface area contributed by atoms with Gasteiger partial charge < -0.3 is 10.2 Å². The van der Waals surface area contributed by atoms with Crippen LogP contribution >= 0.6 is 0 Å². The molecule has 1 aromatic rings. The van der Waals surface area contributed by atoms with E-state index in [-0.39, 0.29) is 16.0 Å². The zero-order chi connectivity index (χ0) is 16.4. The van der Waals surface area contributed by atoms with Gasteiger partial charge in [-0.05, 0) is 44.0 Å². The fraction of sp³-hybridized carbons (Fsp3) is 0.462. The molecular weight excluding hydrogens is 301 g/mol. The van der Waals surface area contributed by atoms with Crippen LogP contribution in [0.25, 0.3) is 0 Å². The Balaban J connectivity index is 3.01. The van der Waals surface area contributed by atoms with Crippen molar-refractivity contribution in [1.29, 1.82) is 0 Å². The Labute approximate surface area is 122 Å². The van der Waals surface area contributed by atoms with Gasteiger partial charge in [0.25, 0.3) is 0 Å². The van der Waals surface area contributed by atoms with Crippen LogP contribution in [0.3, 0.4) is 0 Å². The molecule has 8 heteroatoms. The smallest absolute Gasteiger partial charge is 0.306 e. The first-order chi connectivity index (χ1) is 9.44. The number of carbonyl (C=O) groups is 1. The molecule has 1 rings (SSSR count). The summed E-state index contributed by atoms with van der Waals surface area (Å²) >= 11 is 0. The molecule has 0 aromatic heterocycles. The summed E-state index contributed by atoms with van der Waals surface area (Å²) in [6.07, 6.45) is -0.600. The summed E-state index contributed by atoms with van der Waals surface area (Å²) in [4.78, 5) is 10.5. The molecule has 0 saturated carbocycles. The molecule has 3 N–H and O–H groups in total. The summed E-state index contributed by atoms with van der Waals surface area (Å²) in [6.45, 7) is 3.67. The highest BCUT2D eigenvalue weighted by atomic mass is 32.2. The Hall–Kier alpha value is -1.51. The average Bonchev–Trinajstić information content (AvgIpc) is 2.23. The average molecular weight is 319 g/mol. The van der Waals surface area contributed by atoms with Gasteiger partial charge in [0, 0.05) is 6.54 Å². The van der Waals surface area contributed by atoms with Crippen LogP contribution in [0.1, 0.15) is 24.5 Å². The molecule has 1 atom stereocenters. The van der Waals surface area contributed by atoms with Crippen LogP contribution in [-0.4, -0.2) is 36.7 Å². The molecule has 0 bridgehead atoms. The highest BCUT2D eigenvalue weighted by molar-refractivity contribution is 7.89. The lowest BCUT2D eigenvalue weighted by Crippen LogP contribution is -2.42. The molecule has 0 heterocycles. The van der Waals surface area contributed by atoms with E-state index in [0.717, 1.165) is 12.1 Å². The Morgan fingerprint density at radius 2 is 1.81 bits per heavy atom. The zero-order valence-corrected chi connectivity index (χ0v) is 12.8. The van der Waals surface area contributed by atoms with Gasteiger partial charge in [-0.25, -0.2) is 17.5 Å². The third kappa shape index (κ3) is 4.76. The van der Waals surface area contributed by atoms with Crippen LogP contribution in [0, 0.1) is 19.7 Å². The minimum Gasteiger partial charge on any atom is -0.481 e. The van der Waals surface area contributed by atoms with Crippen molar-refractivity contribution in [1.82, 2.24) is 4.72 Å². The monoisotopic (exact) mass is 319 g/mol. The van der Waals surface area contributed by atoms with Crippen molar-refractivity contribution in [2.75, 3.05) is 6.54 Å². The van der Waals surface area contributed by atoms with Gasteiger partial charge in [-0.2, -0.15) is 0 Å². The quantitative estimate of drug-likeness (QED) is 0.724. The number of aliphatic carboxylic acids is 1. The van der Waals surface area contributed by atoms with Gasteiger partial charge in [0.1, 0.15) is 5.82 Å². The molecule has 0 amide bonds. The van der Waals surface area contributed by atoms with E-state index < -0.39 is 40.4 Å². The number of carboxylic acid groups (broad SMARTS) is 1. The van der Waals surface area contributed by atoms with Crippen LogP contribution in [0.5, 0.6) is 0 Å². The summed E-state index contributed by atoms with van der Waals surface area (Å²) < 4.78 is 39.8. The Kier molecular flexibility index (Phi) is 5.08. The van der Waals surface area contributed by atoms with E-state index in [1.807, 2.05) is 0 Å². The molecule has 21 heavy (non-hydrogen) atoms. The SMILES string of the molecule is Cc1cc(F)cc(C)c1S(=O)(=O)NCC(C)(O)CC(=O)O. The minimum absolute atomic E-state index is 0.0741. The van der Waals surface area contributed by atoms with Crippen molar-refractivity contribution < 1.29 is 27.8 Å². The maximum atomic E-state index is 13.2. The van der Waals surface area contributed by atoms with Crippen molar-refractivity contribution in [3.63, 3.8) is 0 Å². The lowest BCUT2D eigenvalue weighted by Gasteiger charge is -2.22. The van der Waals surface area contributed by atoms with Crippen LogP contribution < -0.4 is 4.72 Å². The maximum Gasteiger partial charge on any atom is 0.306 e. The summed E-state index contributed by atoms with van der Waals surface area (Å²) in [6, 6.07) is 2.19. The zero-order valence-electron chi connectivity index (χ0n) is 12.0. The fourth-order valence-corrected chi connectivity index (χ4v) is 3.64. The first-order valence-electron chi connectivity index (χ1n) is 6.15. The van der Waals surface area contributed by atoms with Crippen molar-refractivity contribution >= 4 is 16.0 Å². The van der Waals surface area contributed by atoms with E-state index in [1.165, 1.54) is 20.8 Å². The number of hydrogen-bond acceptors (Lipinski definition) is 4. The lowest BCUT2D eigenvalue weighted by atomic mass is 10.0. The number of aliphatic hydroxyl groups is 1. The van der Waals surface area contributed by atoms with Gasteiger partial charge >= 0.3 is 5.97 Å². The number of aryl methyl sites for hydroxylation is 2. The Morgan fingerprint density at radius 3 is 2.24 bits per heavy atom. The molecule has 118 valence electrons. The molecule has 0 aliphatic rings. The van der Waals surface area contributed by atoms with E-state index in [0.29, 0.717) is 0 Å². The number of benzene rings is 1. The molecule has 0 fully saturated rings. The van der Waals surface area contributed by atoms with E-state index in [1.54, 1.807) is 0 Å². The minimum atomic E-state index is -3.98. The molecule has 1 unspecified atom stereocenters. The lowest BCUT2D eigenvalue weighted by molar-refractivity contribution is -0.141. The first-order valence-corrected chi connectivity index (χ1v) is 7.63. The van der Waals surface area contributed by atoms with Crippen LogP contribution in [0.15, 0.2) is 17.0 Å². The van der Waals surface area contributed by atoms with Gasteiger partial charge in [0.05, 0.1) is 16.9 Å². The molecule has 6 nitrogen and oxygen atoms in total. The molecule has 0 spiro atoms. The van der Waals surface area contributed by atoms with Gasteiger partial charge in [0.15, 0.2) is 0 Å². The molecule has 0 aliphatic carbocycles. The fourth-order valence-electron chi connectivity index (χ4n) is 2.03. The maximum absolute atomic E-state index is 13.2. The third-order valence-electron chi connectivity index (χ3n) is 2.87. The first kappa shape index (κ1) is 17.5.